The van der Waals surface area contributed by atoms with Crippen LogP contribution in [0.2, 0.25) is 0 Å². The molecule has 0 saturated heterocycles. The molecule has 302 valence electrons. The van der Waals surface area contributed by atoms with Crippen molar-refractivity contribution in [1.82, 2.24) is 0 Å². The number of rotatable bonds is 24. The molecule has 0 N–H and O–H groups in total. The molecule has 0 bridgehead atoms. The van der Waals surface area contributed by atoms with Gasteiger partial charge in [0.2, 0.25) is 41.3 Å². The number of carbonyl (C=O) groups excluding carboxylic acids is 2. The Labute approximate surface area is 320 Å². The molecule has 0 amide bonds. The summed E-state index contributed by atoms with van der Waals surface area (Å²) in [4.78, 5) is 25.3. The first-order valence-corrected chi connectivity index (χ1v) is 18.5. The molecule has 13 heteroatoms. The van der Waals surface area contributed by atoms with Gasteiger partial charge in [-0.3, -0.25) is 0 Å². The molecule has 0 fully saturated rings. The number of hydrogen-bond donors (Lipinski definition) is 0. The van der Waals surface area contributed by atoms with E-state index in [0.717, 1.165) is 0 Å². The Bertz CT molecular complexity index is 1610. The number of esters is 2. The minimum atomic E-state index is -1.20. The summed E-state index contributed by atoms with van der Waals surface area (Å²) >= 11 is 0. The summed E-state index contributed by atoms with van der Waals surface area (Å²) in [5.74, 6) is 0.934. The summed E-state index contributed by atoms with van der Waals surface area (Å²) < 4.78 is 68.0. The first-order valence-electron chi connectivity index (χ1n) is 18.5. The Kier molecular flexibility index (Phi) is 17.7. The van der Waals surface area contributed by atoms with Gasteiger partial charge in [0.05, 0.1) is 51.8 Å². The maximum Gasteiger partial charge on any atom is 0.336 e. The molecule has 0 aromatic heterocycles. The van der Waals surface area contributed by atoms with E-state index in [1.165, 1.54) is 0 Å². The van der Waals surface area contributed by atoms with E-state index in [1.54, 1.807) is 33.8 Å². The number of ether oxygens (including phenoxy) is 11. The summed E-state index contributed by atoms with van der Waals surface area (Å²) in [5.41, 5.74) is 0.0998. The van der Waals surface area contributed by atoms with Crippen molar-refractivity contribution in [3.8, 4) is 51.7 Å². The summed E-state index contributed by atoms with van der Waals surface area (Å²) in [6.07, 6.45) is -2.25. The van der Waals surface area contributed by atoms with Gasteiger partial charge in [-0.25, -0.2) is 9.59 Å². The monoisotopic (exact) mass is 760 g/mol. The van der Waals surface area contributed by atoms with Crippen LogP contribution in [-0.2, 0) is 24.5 Å². The maximum absolute atomic E-state index is 12.7. The van der Waals surface area contributed by atoms with Gasteiger partial charge in [-0.1, -0.05) is 27.0 Å². The highest BCUT2D eigenvalue weighted by atomic mass is 16.7. The third kappa shape index (κ3) is 10.8. The van der Waals surface area contributed by atoms with Crippen LogP contribution in [-0.4, -0.2) is 70.8 Å². The highest BCUT2D eigenvalue weighted by molar-refractivity contribution is 5.87. The summed E-state index contributed by atoms with van der Waals surface area (Å²) in [6.45, 7) is 32.0. The number of benzene rings is 2. The van der Waals surface area contributed by atoms with Crippen molar-refractivity contribution in [1.29, 1.82) is 0 Å². The molecule has 0 radical (unpaired) electrons. The number of hydrogen-bond acceptors (Lipinski definition) is 13. The molecule has 0 aliphatic carbocycles. The molecule has 0 heterocycles. The second-order valence-electron chi connectivity index (χ2n) is 12.3. The zero-order chi connectivity index (χ0) is 40.7. The molecule has 2 aromatic rings. The van der Waals surface area contributed by atoms with Crippen LogP contribution in [0.1, 0.15) is 101 Å². The molecule has 0 aliphatic rings. The molecular weight excluding hydrogens is 700 g/mol. The van der Waals surface area contributed by atoms with Gasteiger partial charge in [-0.2, -0.15) is 0 Å². The van der Waals surface area contributed by atoms with E-state index in [1.807, 2.05) is 62.3 Å². The van der Waals surface area contributed by atoms with Crippen LogP contribution in [0.3, 0.4) is 0 Å². The first-order chi connectivity index (χ1) is 25.6. The molecule has 13 nitrogen and oxygen atoms in total. The fourth-order valence-electron chi connectivity index (χ4n) is 5.45. The Hall–Kier alpha value is -4.94. The zero-order valence-electron chi connectivity index (χ0n) is 34.4. The Balaban J connectivity index is 3.33. The van der Waals surface area contributed by atoms with Gasteiger partial charge >= 0.3 is 11.9 Å². The van der Waals surface area contributed by atoms with Crippen molar-refractivity contribution in [3.05, 3.63) is 41.5 Å². The van der Waals surface area contributed by atoms with Crippen molar-refractivity contribution in [3.63, 3.8) is 0 Å². The summed E-state index contributed by atoms with van der Waals surface area (Å²) in [7, 11) is 0. The molecule has 0 saturated carbocycles. The van der Waals surface area contributed by atoms with Crippen molar-refractivity contribution in [2.24, 2.45) is 0 Å². The first kappa shape index (κ1) is 45.2. The lowest BCUT2D eigenvalue weighted by molar-refractivity contribution is -0.157. The van der Waals surface area contributed by atoms with E-state index < -0.39 is 29.9 Å². The fourth-order valence-corrected chi connectivity index (χ4v) is 5.45. The molecule has 2 aromatic carbocycles. The lowest BCUT2D eigenvalue weighted by Gasteiger charge is -2.35. The van der Waals surface area contributed by atoms with Crippen LogP contribution in [0, 0.1) is 0 Å². The lowest BCUT2D eigenvalue weighted by atomic mass is 9.75. The van der Waals surface area contributed by atoms with E-state index in [-0.39, 0.29) is 91.0 Å². The van der Waals surface area contributed by atoms with Crippen LogP contribution in [0.4, 0.5) is 0 Å². The largest absolute Gasteiger partial charge is 0.490 e. The highest BCUT2D eigenvalue weighted by Crippen LogP contribution is 2.61. The fraction of sp³-hybridized carbons (Fsp3) is 0.561. The van der Waals surface area contributed by atoms with Gasteiger partial charge in [0, 0.05) is 36.0 Å². The molecule has 0 aliphatic heterocycles. The highest BCUT2D eigenvalue weighted by Gasteiger charge is 2.43. The smallest absolute Gasteiger partial charge is 0.336 e. The van der Waals surface area contributed by atoms with Crippen molar-refractivity contribution < 1.29 is 61.7 Å². The Morgan fingerprint density at radius 2 is 0.870 bits per heavy atom. The van der Waals surface area contributed by atoms with Crippen LogP contribution < -0.4 is 42.6 Å². The van der Waals surface area contributed by atoms with Crippen LogP contribution >= 0.6 is 0 Å². The molecule has 2 rings (SSSR count). The number of carbonyl (C=O) groups is 2. The van der Waals surface area contributed by atoms with E-state index in [9.17, 15) is 9.59 Å². The molecule has 2 atom stereocenters. The quantitative estimate of drug-likeness (QED) is 0.0575. The van der Waals surface area contributed by atoms with Gasteiger partial charge in [-0.05, 0) is 68.4 Å². The van der Waals surface area contributed by atoms with E-state index in [0.29, 0.717) is 29.2 Å². The van der Waals surface area contributed by atoms with Gasteiger partial charge < -0.3 is 52.1 Å². The van der Waals surface area contributed by atoms with Crippen LogP contribution in [0.15, 0.2) is 30.4 Å². The lowest BCUT2D eigenvalue weighted by Crippen LogP contribution is -2.29. The molecule has 2 unspecified atom stereocenters. The molecule has 54 heavy (non-hydrogen) atoms. The van der Waals surface area contributed by atoms with Crippen molar-refractivity contribution in [2.75, 3.05) is 46.2 Å². The van der Waals surface area contributed by atoms with E-state index in [4.69, 9.17) is 52.1 Å². The van der Waals surface area contributed by atoms with E-state index >= 15 is 0 Å². The average Bonchev–Trinajstić information content (AvgIpc) is 3.09. The molecular formula is C41H60O13. The predicted octanol–water partition coefficient (Wildman–Crippen LogP) is 8.49. The topological polar surface area (TPSA) is 136 Å². The van der Waals surface area contributed by atoms with Crippen LogP contribution in [0.5, 0.6) is 51.7 Å². The molecule has 0 spiro atoms. The SMILES string of the molecule is C=C(C)C(=O)OC(C)Oc1c(C(C)(C)c2c(OCC)c(OCC)c(OCC)c(OCC)c2OC(C)OC(=O)C(=C)C)cc(OCC)c(OCC)c1OCC. The Morgan fingerprint density at radius 1 is 0.537 bits per heavy atom. The summed E-state index contributed by atoms with van der Waals surface area (Å²) in [6, 6.07) is 1.78. The predicted molar refractivity (Wildman–Crippen MR) is 205 cm³/mol. The standard InChI is InChI=1S/C41H60O13/c1-16-44-29-23-28(31(35(47-19-4)32(29)45-17-2)51-26(12)53-39(42)24(8)9)41(14,15)30-33(46-18-3)36(48-20-5)38(50-22-7)37(49-21-6)34(30)52-27(13)54-40(43)25(10)11/h23,26-27H,8,10,16-22H2,1-7,9,11-15H3. The van der Waals surface area contributed by atoms with Gasteiger partial charge in [-0.15, -0.1) is 0 Å². The van der Waals surface area contributed by atoms with E-state index in [2.05, 4.69) is 13.2 Å². The maximum atomic E-state index is 12.7. The third-order valence-corrected chi connectivity index (χ3v) is 7.58. The minimum Gasteiger partial charge on any atom is -0.490 e. The second kappa shape index (κ2) is 21.1. The zero-order valence-corrected chi connectivity index (χ0v) is 34.4. The Morgan fingerprint density at radius 3 is 1.28 bits per heavy atom. The van der Waals surface area contributed by atoms with Crippen LogP contribution in [0.25, 0.3) is 0 Å². The summed E-state index contributed by atoms with van der Waals surface area (Å²) in [5, 5.41) is 0. The van der Waals surface area contributed by atoms with Gasteiger partial charge in [0.1, 0.15) is 0 Å². The second-order valence-corrected chi connectivity index (χ2v) is 12.3. The third-order valence-electron chi connectivity index (χ3n) is 7.58. The minimum absolute atomic E-state index is 0.150. The normalized spacial score (nSPS) is 12.1. The average molecular weight is 761 g/mol. The van der Waals surface area contributed by atoms with Crippen molar-refractivity contribution in [2.45, 2.75) is 108 Å². The van der Waals surface area contributed by atoms with Crippen molar-refractivity contribution >= 4 is 11.9 Å². The van der Waals surface area contributed by atoms with Gasteiger partial charge in [0.15, 0.2) is 23.0 Å². The van der Waals surface area contributed by atoms with Gasteiger partial charge in [0.25, 0.3) is 0 Å².